The molecule has 0 aliphatic carbocycles. The van der Waals surface area contributed by atoms with Crippen LogP contribution in [0.15, 0.2) is 36.7 Å². The number of nitrogen functional groups attached to an aromatic ring is 1. The van der Waals surface area contributed by atoms with Gasteiger partial charge in [0.1, 0.15) is 0 Å². The summed E-state index contributed by atoms with van der Waals surface area (Å²) in [6.07, 6.45) is 3.74. The normalized spacial score (nSPS) is 15.4. The fourth-order valence-electron chi connectivity index (χ4n) is 2.44. The lowest BCUT2D eigenvalue weighted by Gasteiger charge is -2.36. The molecule has 0 unspecified atom stereocenters. The van der Waals surface area contributed by atoms with E-state index in [9.17, 15) is 0 Å². The molecule has 1 aromatic carbocycles. The fraction of sp³-hybridized carbons (Fsp3) is 0.333. The number of hydrogen-bond acceptors (Lipinski definition) is 5. The minimum Gasteiger partial charge on any atom is -0.399 e. The highest BCUT2D eigenvalue weighted by Crippen LogP contribution is 2.20. The Morgan fingerprint density at radius 1 is 1.00 bits per heavy atom. The highest BCUT2D eigenvalue weighted by Gasteiger charge is 2.19. The fourth-order valence-corrected chi connectivity index (χ4v) is 2.44. The summed E-state index contributed by atoms with van der Waals surface area (Å²) in [5.41, 5.74) is 8.93. The molecular weight excluding hydrogens is 250 g/mol. The Kier molecular flexibility index (Phi) is 3.41. The summed E-state index contributed by atoms with van der Waals surface area (Å²) >= 11 is 0. The van der Waals surface area contributed by atoms with Gasteiger partial charge in [0.05, 0.1) is 0 Å². The first kappa shape index (κ1) is 12.7. The molecule has 3 rings (SSSR count). The third-order valence-electron chi connectivity index (χ3n) is 3.57. The van der Waals surface area contributed by atoms with Crippen molar-refractivity contribution in [3.63, 3.8) is 0 Å². The van der Waals surface area contributed by atoms with Crippen molar-refractivity contribution in [2.75, 3.05) is 41.7 Å². The smallest absolute Gasteiger partial charge is 0.225 e. The van der Waals surface area contributed by atoms with E-state index in [1.165, 1.54) is 5.69 Å². The van der Waals surface area contributed by atoms with Crippen molar-refractivity contribution in [2.24, 2.45) is 0 Å². The number of aryl methyl sites for hydroxylation is 1. The molecule has 0 radical (unpaired) electrons. The van der Waals surface area contributed by atoms with Crippen molar-refractivity contribution in [1.82, 2.24) is 9.97 Å². The van der Waals surface area contributed by atoms with Crippen LogP contribution in [0.25, 0.3) is 0 Å². The molecule has 1 aliphatic heterocycles. The van der Waals surface area contributed by atoms with Gasteiger partial charge in [-0.05, 0) is 30.7 Å². The van der Waals surface area contributed by atoms with Crippen molar-refractivity contribution in [2.45, 2.75) is 6.92 Å². The maximum absolute atomic E-state index is 5.84. The predicted molar refractivity (Wildman–Crippen MR) is 82.0 cm³/mol. The molecule has 0 saturated carbocycles. The van der Waals surface area contributed by atoms with Crippen LogP contribution >= 0.6 is 0 Å². The van der Waals surface area contributed by atoms with Crippen LogP contribution in [0.3, 0.4) is 0 Å². The first-order valence-corrected chi connectivity index (χ1v) is 6.86. The molecule has 2 aromatic rings. The molecule has 0 atom stereocenters. The van der Waals surface area contributed by atoms with Gasteiger partial charge in [0.25, 0.3) is 0 Å². The third-order valence-corrected chi connectivity index (χ3v) is 3.57. The van der Waals surface area contributed by atoms with Crippen molar-refractivity contribution in [3.05, 3.63) is 42.2 Å². The highest BCUT2D eigenvalue weighted by atomic mass is 15.3. The minimum absolute atomic E-state index is 0.812. The Morgan fingerprint density at radius 3 is 2.30 bits per heavy atom. The second-order valence-electron chi connectivity index (χ2n) is 5.13. The van der Waals surface area contributed by atoms with Gasteiger partial charge in [-0.15, -0.1) is 0 Å². The van der Waals surface area contributed by atoms with Gasteiger partial charge in [0.15, 0.2) is 0 Å². The standard InChI is InChI=1S/C15H19N5/c1-12-10-17-15(18-11-12)20-7-5-19(6-8-20)14-4-2-3-13(16)9-14/h2-4,9-11H,5-8,16H2,1H3. The second-order valence-corrected chi connectivity index (χ2v) is 5.13. The number of piperazine rings is 1. The van der Waals surface area contributed by atoms with E-state index in [4.69, 9.17) is 5.73 Å². The summed E-state index contributed by atoms with van der Waals surface area (Å²) in [5.74, 6) is 0.822. The average Bonchev–Trinajstić information content (AvgIpc) is 2.48. The molecule has 0 bridgehead atoms. The van der Waals surface area contributed by atoms with E-state index < -0.39 is 0 Å². The lowest BCUT2D eigenvalue weighted by atomic mass is 10.2. The van der Waals surface area contributed by atoms with Crippen molar-refractivity contribution < 1.29 is 0 Å². The number of benzene rings is 1. The van der Waals surface area contributed by atoms with E-state index >= 15 is 0 Å². The van der Waals surface area contributed by atoms with Crippen molar-refractivity contribution >= 4 is 17.3 Å². The van der Waals surface area contributed by atoms with Gasteiger partial charge in [0.2, 0.25) is 5.95 Å². The molecule has 2 N–H and O–H groups in total. The van der Waals surface area contributed by atoms with Crippen molar-refractivity contribution in [3.8, 4) is 0 Å². The number of nitrogens with zero attached hydrogens (tertiary/aromatic N) is 4. The lowest BCUT2D eigenvalue weighted by molar-refractivity contribution is 0.640. The number of aromatic nitrogens is 2. The average molecular weight is 269 g/mol. The van der Waals surface area contributed by atoms with Crippen LogP contribution in [0.1, 0.15) is 5.56 Å². The van der Waals surface area contributed by atoms with Crippen LogP contribution < -0.4 is 15.5 Å². The number of hydrogen-bond donors (Lipinski definition) is 1. The monoisotopic (exact) mass is 269 g/mol. The van der Waals surface area contributed by atoms with Gasteiger partial charge in [-0.1, -0.05) is 6.07 Å². The summed E-state index contributed by atoms with van der Waals surface area (Å²) in [5, 5.41) is 0. The van der Waals surface area contributed by atoms with E-state index in [1.54, 1.807) is 0 Å². The highest BCUT2D eigenvalue weighted by molar-refractivity contribution is 5.56. The number of anilines is 3. The molecule has 1 saturated heterocycles. The zero-order valence-electron chi connectivity index (χ0n) is 11.7. The van der Waals surface area contributed by atoms with Gasteiger partial charge in [-0.2, -0.15) is 0 Å². The topological polar surface area (TPSA) is 58.3 Å². The molecule has 2 heterocycles. The Morgan fingerprint density at radius 2 is 1.65 bits per heavy atom. The molecule has 1 aliphatic rings. The van der Waals surface area contributed by atoms with E-state index in [1.807, 2.05) is 37.5 Å². The molecule has 104 valence electrons. The zero-order valence-corrected chi connectivity index (χ0v) is 11.7. The molecule has 5 heteroatoms. The van der Waals surface area contributed by atoms with Crippen LogP contribution in [0.4, 0.5) is 17.3 Å². The van der Waals surface area contributed by atoms with Gasteiger partial charge >= 0.3 is 0 Å². The summed E-state index contributed by atoms with van der Waals surface area (Å²) < 4.78 is 0. The van der Waals surface area contributed by atoms with E-state index in [0.717, 1.165) is 43.4 Å². The molecule has 20 heavy (non-hydrogen) atoms. The van der Waals surface area contributed by atoms with Crippen molar-refractivity contribution in [1.29, 1.82) is 0 Å². The minimum atomic E-state index is 0.812. The molecule has 1 fully saturated rings. The Labute approximate surface area is 119 Å². The summed E-state index contributed by atoms with van der Waals surface area (Å²) in [6.45, 7) is 5.78. The van der Waals surface area contributed by atoms with E-state index in [-0.39, 0.29) is 0 Å². The van der Waals surface area contributed by atoms with Gasteiger partial charge in [-0.25, -0.2) is 9.97 Å². The molecular formula is C15H19N5. The summed E-state index contributed by atoms with van der Waals surface area (Å²) in [7, 11) is 0. The van der Waals surface area contributed by atoms with Gasteiger partial charge in [0, 0.05) is 49.9 Å². The molecule has 0 amide bonds. The largest absolute Gasteiger partial charge is 0.399 e. The summed E-state index contributed by atoms with van der Waals surface area (Å²) in [4.78, 5) is 13.4. The molecule has 5 nitrogen and oxygen atoms in total. The molecule has 1 aromatic heterocycles. The van der Waals surface area contributed by atoms with E-state index in [0.29, 0.717) is 0 Å². The zero-order chi connectivity index (χ0) is 13.9. The van der Waals surface area contributed by atoms with Crippen LogP contribution in [-0.2, 0) is 0 Å². The number of rotatable bonds is 2. The quantitative estimate of drug-likeness (QED) is 0.841. The van der Waals surface area contributed by atoms with E-state index in [2.05, 4.69) is 25.8 Å². The number of nitrogens with two attached hydrogens (primary N) is 1. The second kappa shape index (κ2) is 5.36. The Bertz CT molecular complexity index is 573. The Balaban J connectivity index is 1.66. The van der Waals surface area contributed by atoms with Crippen LogP contribution in [-0.4, -0.2) is 36.1 Å². The maximum Gasteiger partial charge on any atom is 0.225 e. The van der Waals surface area contributed by atoms with Gasteiger partial charge < -0.3 is 15.5 Å². The third kappa shape index (κ3) is 2.66. The van der Waals surface area contributed by atoms with Crippen LogP contribution in [0.2, 0.25) is 0 Å². The SMILES string of the molecule is Cc1cnc(N2CCN(c3cccc(N)c3)CC2)nc1. The van der Waals surface area contributed by atoms with Crippen LogP contribution in [0, 0.1) is 6.92 Å². The molecule has 0 spiro atoms. The van der Waals surface area contributed by atoms with Crippen LogP contribution in [0.5, 0.6) is 0 Å². The first-order chi connectivity index (χ1) is 9.72. The van der Waals surface area contributed by atoms with Gasteiger partial charge in [-0.3, -0.25) is 0 Å². The Hall–Kier alpha value is -2.30. The predicted octanol–water partition coefficient (Wildman–Crippen LogP) is 1.69. The lowest BCUT2D eigenvalue weighted by Crippen LogP contribution is -2.47. The maximum atomic E-state index is 5.84. The summed E-state index contributed by atoms with van der Waals surface area (Å²) in [6, 6.07) is 8.05. The first-order valence-electron chi connectivity index (χ1n) is 6.86.